The van der Waals surface area contributed by atoms with Crippen molar-refractivity contribution in [1.29, 1.82) is 0 Å². The maximum atomic E-state index is 11.5. The average molecular weight is 308 g/mol. The predicted octanol–water partition coefficient (Wildman–Crippen LogP) is 2.94. The zero-order valence-corrected chi connectivity index (χ0v) is 13.5. The van der Waals surface area contributed by atoms with Crippen molar-refractivity contribution in [2.75, 3.05) is 18.4 Å². The third-order valence-corrected chi connectivity index (χ3v) is 3.71. The number of rotatable bonds is 4. The molecule has 0 atom stereocenters. The molecule has 7 heteroatoms. The van der Waals surface area contributed by atoms with Crippen molar-refractivity contribution in [1.82, 2.24) is 15.3 Å². The summed E-state index contributed by atoms with van der Waals surface area (Å²) in [5.41, 5.74) is 1.63. The lowest BCUT2D eigenvalue weighted by Crippen LogP contribution is -2.35. The fraction of sp³-hybridized carbons (Fsp3) is 0.500. The number of fused-ring (bicyclic) bond motifs is 1. The van der Waals surface area contributed by atoms with E-state index in [-0.39, 0.29) is 0 Å². The van der Waals surface area contributed by atoms with Gasteiger partial charge in [0.15, 0.2) is 0 Å². The molecule has 6 nitrogen and oxygen atoms in total. The van der Waals surface area contributed by atoms with Gasteiger partial charge in [0.25, 0.3) is 0 Å². The summed E-state index contributed by atoms with van der Waals surface area (Å²) < 4.78 is 6.20. The number of amides is 1. The average Bonchev–Trinajstić information content (AvgIpc) is 2.75. The van der Waals surface area contributed by atoms with Gasteiger partial charge in [-0.05, 0) is 38.6 Å². The Labute approximate surface area is 127 Å². The van der Waals surface area contributed by atoms with Crippen LogP contribution in [0.1, 0.15) is 26.3 Å². The van der Waals surface area contributed by atoms with E-state index in [9.17, 15) is 4.79 Å². The van der Waals surface area contributed by atoms with Gasteiger partial charge in [0.05, 0.1) is 10.2 Å². The number of nitrogens with zero attached hydrogens (tertiary/aromatic N) is 2. The Morgan fingerprint density at radius 2 is 2.10 bits per heavy atom. The highest BCUT2D eigenvalue weighted by atomic mass is 32.1. The van der Waals surface area contributed by atoms with Crippen LogP contribution in [0.25, 0.3) is 10.2 Å². The molecule has 21 heavy (non-hydrogen) atoms. The Hall–Kier alpha value is -1.89. The van der Waals surface area contributed by atoms with E-state index in [1.54, 1.807) is 17.7 Å². The molecule has 114 valence electrons. The second-order valence-corrected chi connectivity index (χ2v) is 6.55. The summed E-state index contributed by atoms with van der Waals surface area (Å²) >= 11 is 1.61. The number of carbonyl (C=O) groups excluding carboxylic acids is 1. The van der Waals surface area contributed by atoms with Crippen molar-refractivity contribution >= 4 is 33.5 Å². The lowest BCUT2D eigenvalue weighted by atomic mass is 10.2. The van der Waals surface area contributed by atoms with Crippen molar-refractivity contribution in [2.45, 2.75) is 33.3 Å². The topological polar surface area (TPSA) is 76.1 Å². The van der Waals surface area contributed by atoms with E-state index in [2.05, 4.69) is 26.0 Å². The molecule has 0 saturated carbocycles. The van der Waals surface area contributed by atoms with E-state index < -0.39 is 11.7 Å². The Morgan fingerprint density at radius 3 is 2.81 bits per heavy atom. The molecule has 0 saturated heterocycles. The quantitative estimate of drug-likeness (QED) is 0.849. The van der Waals surface area contributed by atoms with Crippen molar-refractivity contribution in [3.63, 3.8) is 0 Å². The van der Waals surface area contributed by atoms with Gasteiger partial charge in [-0.2, -0.15) is 0 Å². The third-order valence-electron chi connectivity index (χ3n) is 2.62. The molecule has 2 aromatic heterocycles. The summed E-state index contributed by atoms with van der Waals surface area (Å²) in [4.78, 5) is 20.0. The minimum Gasteiger partial charge on any atom is -0.444 e. The minimum absolute atomic E-state index is 0.413. The van der Waals surface area contributed by atoms with E-state index in [1.807, 2.05) is 27.7 Å². The second kappa shape index (κ2) is 6.26. The maximum absolute atomic E-state index is 11.5. The largest absolute Gasteiger partial charge is 0.444 e. The Balaban J connectivity index is 1.84. The van der Waals surface area contributed by atoms with Crippen LogP contribution < -0.4 is 10.6 Å². The van der Waals surface area contributed by atoms with Crippen LogP contribution in [0.3, 0.4) is 0 Å². The smallest absolute Gasteiger partial charge is 0.407 e. The van der Waals surface area contributed by atoms with Gasteiger partial charge in [-0.25, -0.2) is 14.8 Å². The van der Waals surface area contributed by atoms with E-state index >= 15 is 0 Å². The molecular formula is C14H20N4O2S. The Bertz CT molecular complexity index is 633. The molecule has 0 aliphatic rings. The number of nitrogens with one attached hydrogen (secondary N) is 2. The number of alkyl carbamates (subject to hydrolysis) is 1. The van der Waals surface area contributed by atoms with Crippen LogP contribution in [0.5, 0.6) is 0 Å². The first-order valence-electron chi connectivity index (χ1n) is 6.76. The first-order valence-corrected chi connectivity index (χ1v) is 7.64. The number of hydrogen-bond donors (Lipinski definition) is 2. The highest BCUT2D eigenvalue weighted by Gasteiger charge is 2.15. The van der Waals surface area contributed by atoms with Gasteiger partial charge < -0.3 is 15.4 Å². The van der Waals surface area contributed by atoms with Gasteiger partial charge in [0.2, 0.25) is 0 Å². The highest BCUT2D eigenvalue weighted by Crippen LogP contribution is 2.28. The molecule has 0 fully saturated rings. The van der Waals surface area contributed by atoms with E-state index in [4.69, 9.17) is 4.74 Å². The van der Waals surface area contributed by atoms with Crippen LogP contribution in [-0.2, 0) is 4.74 Å². The lowest BCUT2D eigenvalue weighted by Gasteiger charge is -2.19. The lowest BCUT2D eigenvalue weighted by molar-refractivity contribution is 0.0530. The van der Waals surface area contributed by atoms with E-state index in [1.165, 1.54) is 0 Å². The second-order valence-electron chi connectivity index (χ2n) is 5.67. The van der Waals surface area contributed by atoms with Crippen LogP contribution in [0.4, 0.5) is 10.6 Å². The molecule has 1 amide bonds. The van der Waals surface area contributed by atoms with Crippen molar-refractivity contribution in [3.8, 4) is 0 Å². The van der Waals surface area contributed by atoms with E-state index in [0.717, 1.165) is 21.6 Å². The van der Waals surface area contributed by atoms with Gasteiger partial charge >= 0.3 is 6.09 Å². The molecule has 0 spiro atoms. The van der Waals surface area contributed by atoms with Gasteiger partial charge in [-0.3, -0.25) is 0 Å². The minimum atomic E-state index is -0.481. The van der Waals surface area contributed by atoms with Crippen LogP contribution in [-0.4, -0.2) is 34.8 Å². The number of aromatic nitrogens is 2. The number of ether oxygens (including phenoxy) is 1. The molecule has 2 N–H and O–H groups in total. The summed E-state index contributed by atoms with van der Waals surface area (Å²) in [7, 11) is 0. The van der Waals surface area contributed by atoms with Gasteiger partial charge in [-0.15, -0.1) is 11.3 Å². The SMILES string of the molecule is Cc1csc2c(NCCNC(=O)OC(C)(C)C)ncnc12. The zero-order chi connectivity index (χ0) is 15.5. The number of anilines is 1. The highest BCUT2D eigenvalue weighted by molar-refractivity contribution is 7.18. The normalized spacial score (nSPS) is 11.4. The standard InChI is InChI=1S/C14H20N4O2S/c1-9-7-21-11-10(9)17-8-18-12(11)15-5-6-16-13(19)20-14(2,3)4/h7-8H,5-6H2,1-4H3,(H,16,19)(H,15,17,18). The fourth-order valence-electron chi connectivity index (χ4n) is 1.75. The summed E-state index contributed by atoms with van der Waals surface area (Å²) in [6.07, 6.45) is 1.13. The molecule has 0 aliphatic heterocycles. The van der Waals surface area contributed by atoms with Gasteiger partial charge in [-0.1, -0.05) is 0 Å². The Morgan fingerprint density at radius 1 is 1.33 bits per heavy atom. The Kier molecular flexibility index (Phi) is 4.62. The summed E-state index contributed by atoms with van der Waals surface area (Å²) in [5.74, 6) is 0.795. The third kappa shape index (κ3) is 4.29. The van der Waals surface area contributed by atoms with Crippen molar-refractivity contribution < 1.29 is 9.53 Å². The summed E-state index contributed by atoms with van der Waals surface area (Å²) in [5, 5.41) is 7.97. The summed E-state index contributed by atoms with van der Waals surface area (Å²) in [6, 6.07) is 0. The maximum Gasteiger partial charge on any atom is 0.407 e. The first kappa shape index (κ1) is 15.5. The molecule has 0 radical (unpaired) electrons. The number of carbonyl (C=O) groups is 1. The summed E-state index contributed by atoms with van der Waals surface area (Å²) in [6.45, 7) is 8.57. The van der Waals surface area contributed by atoms with Crippen molar-refractivity contribution in [3.05, 3.63) is 17.3 Å². The molecule has 2 aromatic rings. The predicted molar refractivity (Wildman–Crippen MR) is 84.9 cm³/mol. The van der Waals surface area contributed by atoms with E-state index in [0.29, 0.717) is 13.1 Å². The molecular weight excluding hydrogens is 288 g/mol. The zero-order valence-electron chi connectivity index (χ0n) is 12.7. The van der Waals surface area contributed by atoms with Crippen LogP contribution in [0.15, 0.2) is 11.7 Å². The van der Waals surface area contributed by atoms with Crippen molar-refractivity contribution in [2.24, 2.45) is 0 Å². The van der Waals surface area contributed by atoms with Gasteiger partial charge in [0.1, 0.15) is 17.7 Å². The monoisotopic (exact) mass is 308 g/mol. The first-order chi connectivity index (χ1) is 9.87. The molecule has 0 aliphatic carbocycles. The van der Waals surface area contributed by atoms with Crippen LogP contribution >= 0.6 is 11.3 Å². The number of hydrogen-bond acceptors (Lipinski definition) is 6. The number of aryl methyl sites for hydroxylation is 1. The van der Waals surface area contributed by atoms with Crippen LogP contribution in [0, 0.1) is 6.92 Å². The molecule has 0 bridgehead atoms. The molecule has 2 rings (SSSR count). The molecule has 0 aromatic carbocycles. The van der Waals surface area contributed by atoms with Crippen LogP contribution in [0.2, 0.25) is 0 Å². The van der Waals surface area contributed by atoms with Gasteiger partial charge in [0, 0.05) is 13.1 Å². The fourth-order valence-corrected chi connectivity index (χ4v) is 2.72. The molecule has 2 heterocycles. The molecule has 0 unspecified atom stereocenters. The number of thiophene rings is 1.